The van der Waals surface area contributed by atoms with Gasteiger partial charge in [-0.1, -0.05) is 12.1 Å². The van der Waals surface area contributed by atoms with E-state index in [2.05, 4.69) is 9.97 Å². The number of benzene rings is 1. The number of alkyl halides is 3. The Bertz CT molecular complexity index is 732. The predicted octanol–water partition coefficient (Wildman–Crippen LogP) is 3.61. The average Bonchev–Trinajstić information content (AvgIpc) is 3.10. The fourth-order valence-corrected chi connectivity index (χ4v) is 1.99. The summed E-state index contributed by atoms with van der Waals surface area (Å²) in [5.74, 6) is -0.0435. The minimum atomic E-state index is -4.45. The van der Waals surface area contributed by atoms with Crippen molar-refractivity contribution >= 4 is 0 Å². The Morgan fingerprint density at radius 3 is 2.71 bits per heavy atom. The van der Waals surface area contributed by atoms with Crippen LogP contribution in [-0.2, 0) is 12.7 Å². The first-order valence-corrected chi connectivity index (χ1v) is 6.11. The quantitative estimate of drug-likeness (QED) is 0.741. The SMILES string of the molecule is FC(F)(F)c1ccccc1-c1nc(Cn2ccnc2)co1. The Balaban J connectivity index is 1.93. The van der Waals surface area contributed by atoms with Crippen LogP contribution in [0.3, 0.4) is 0 Å². The minimum Gasteiger partial charge on any atom is -0.444 e. The molecule has 3 aromatic rings. The molecular formula is C14H10F3N3O. The largest absolute Gasteiger partial charge is 0.444 e. The van der Waals surface area contributed by atoms with E-state index in [0.717, 1.165) is 6.07 Å². The molecule has 0 amide bonds. The number of aromatic nitrogens is 3. The first kappa shape index (κ1) is 13.4. The maximum Gasteiger partial charge on any atom is 0.417 e. The molecule has 0 aliphatic carbocycles. The van der Waals surface area contributed by atoms with Gasteiger partial charge in [0.15, 0.2) is 0 Å². The first-order valence-electron chi connectivity index (χ1n) is 6.11. The summed E-state index contributed by atoms with van der Waals surface area (Å²) in [5, 5.41) is 0. The lowest BCUT2D eigenvalue weighted by Gasteiger charge is -2.09. The molecule has 4 nitrogen and oxygen atoms in total. The van der Waals surface area contributed by atoms with Crippen molar-refractivity contribution in [3.05, 3.63) is 60.5 Å². The highest BCUT2D eigenvalue weighted by Crippen LogP contribution is 2.36. The molecular weight excluding hydrogens is 283 g/mol. The van der Waals surface area contributed by atoms with Gasteiger partial charge in [0.25, 0.3) is 0 Å². The summed E-state index contributed by atoms with van der Waals surface area (Å²) in [5.41, 5.74) is -0.303. The van der Waals surface area contributed by atoms with Gasteiger partial charge in [0.05, 0.1) is 24.1 Å². The van der Waals surface area contributed by atoms with Crippen molar-refractivity contribution in [3.63, 3.8) is 0 Å². The molecule has 0 atom stereocenters. The molecule has 3 rings (SSSR count). The summed E-state index contributed by atoms with van der Waals surface area (Å²) in [7, 11) is 0. The topological polar surface area (TPSA) is 43.9 Å². The predicted molar refractivity (Wildman–Crippen MR) is 68.3 cm³/mol. The fraction of sp³-hybridized carbons (Fsp3) is 0.143. The van der Waals surface area contributed by atoms with Crippen LogP contribution in [0.1, 0.15) is 11.3 Å². The van der Waals surface area contributed by atoms with Gasteiger partial charge in [-0.3, -0.25) is 0 Å². The van der Waals surface area contributed by atoms with E-state index in [1.807, 2.05) is 0 Å². The van der Waals surface area contributed by atoms with E-state index in [0.29, 0.717) is 12.2 Å². The molecule has 0 N–H and O–H groups in total. The second-order valence-electron chi connectivity index (χ2n) is 4.42. The molecule has 0 fully saturated rings. The molecule has 0 unspecified atom stereocenters. The van der Waals surface area contributed by atoms with Gasteiger partial charge in [0, 0.05) is 18.0 Å². The third-order valence-electron chi connectivity index (χ3n) is 2.92. The number of rotatable bonds is 3. The lowest BCUT2D eigenvalue weighted by molar-refractivity contribution is -0.137. The van der Waals surface area contributed by atoms with Crippen molar-refractivity contribution in [2.75, 3.05) is 0 Å². The Hall–Kier alpha value is -2.57. The molecule has 0 aliphatic heterocycles. The van der Waals surface area contributed by atoms with Crippen LogP contribution in [0.15, 0.2) is 53.7 Å². The zero-order valence-electron chi connectivity index (χ0n) is 10.7. The summed E-state index contributed by atoms with van der Waals surface area (Å²) < 4.78 is 45.8. The highest BCUT2D eigenvalue weighted by molar-refractivity contribution is 5.59. The number of hydrogen-bond acceptors (Lipinski definition) is 3. The molecule has 0 saturated carbocycles. The normalized spacial score (nSPS) is 11.8. The second kappa shape index (κ2) is 5.08. The van der Waals surface area contributed by atoms with E-state index in [9.17, 15) is 13.2 Å². The minimum absolute atomic E-state index is 0.0435. The Morgan fingerprint density at radius 2 is 2.00 bits per heavy atom. The molecule has 2 aromatic heterocycles. The fourth-order valence-electron chi connectivity index (χ4n) is 1.99. The number of hydrogen-bond donors (Lipinski definition) is 0. The Kier molecular flexibility index (Phi) is 3.25. The van der Waals surface area contributed by atoms with Crippen molar-refractivity contribution < 1.29 is 17.6 Å². The third kappa shape index (κ3) is 2.81. The van der Waals surface area contributed by atoms with Gasteiger partial charge >= 0.3 is 6.18 Å². The van der Waals surface area contributed by atoms with Crippen molar-refractivity contribution in [1.29, 1.82) is 0 Å². The van der Waals surface area contributed by atoms with E-state index in [4.69, 9.17) is 4.42 Å². The molecule has 108 valence electrons. The van der Waals surface area contributed by atoms with Crippen molar-refractivity contribution in [1.82, 2.24) is 14.5 Å². The van der Waals surface area contributed by atoms with Crippen molar-refractivity contribution in [2.45, 2.75) is 12.7 Å². The maximum atomic E-state index is 13.0. The van der Waals surface area contributed by atoms with Crippen LogP contribution in [0.4, 0.5) is 13.2 Å². The van der Waals surface area contributed by atoms with Crippen LogP contribution >= 0.6 is 0 Å². The zero-order valence-corrected chi connectivity index (χ0v) is 10.7. The maximum absolute atomic E-state index is 13.0. The lowest BCUT2D eigenvalue weighted by Crippen LogP contribution is -2.07. The van der Waals surface area contributed by atoms with Gasteiger partial charge in [-0.2, -0.15) is 13.2 Å². The standard InChI is InChI=1S/C14H10F3N3O/c15-14(16,17)12-4-2-1-3-11(12)13-19-10(8-21-13)7-20-6-5-18-9-20/h1-6,8-9H,7H2. The number of nitrogens with zero attached hydrogens (tertiary/aromatic N) is 3. The summed E-state index contributed by atoms with van der Waals surface area (Å²) in [6.07, 6.45) is 1.84. The lowest BCUT2D eigenvalue weighted by atomic mass is 10.1. The van der Waals surface area contributed by atoms with Gasteiger partial charge in [-0.15, -0.1) is 0 Å². The summed E-state index contributed by atoms with van der Waals surface area (Å²) >= 11 is 0. The van der Waals surface area contributed by atoms with E-state index in [1.54, 1.807) is 23.3 Å². The molecule has 0 bridgehead atoms. The van der Waals surface area contributed by atoms with E-state index >= 15 is 0 Å². The first-order chi connectivity index (χ1) is 10.0. The summed E-state index contributed by atoms with van der Waals surface area (Å²) in [6, 6.07) is 5.21. The number of oxazole rings is 1. The van der Waals surface area contributed by atoms with Crippen LogP contribution in [-0.4, -0.2) is 14.5 Å². The van der Waals surface area contributed by atoms with Crippen LogP contribution in [0, 0.1) is 0 Å². The van der Waals surface area contributed by atoms with Gasteiger partial charge in [-0.05, 0) is 12.1 Å². The third-order valence-corrected chi connectivity index (χ3v) is 2.92. The molecule has 21 heavy (non-hydrogen) atoms. The van der Waals surface area contributed by atoms with E-state index < -0.39 is 11.7 Å². The molecule has 0 saturated heterocycles. The smallest absolute Gasteiger partial charge is 0.417 e. The molecule has 0 radical (unpaired) electrons. The Morgan fingerprint density at radius 1 is 1.19 bits per heavy atom. The molecule has 0 aliphatic rings. The summed E-state index contributed by atoms with van der Waals surface area (Å²) in [6.45, 7) is 0.387. The second-order valence-corrected chi connectivity index (χ2v) is 4.42. The van der Waals surface area contributed by atoms with Crippen molar-refractivity contribution in [2.24, 2.45) is 0 Å². The van der Waals surface area contributed by atoms with E-state index in [-0.39, 0.29) is 11.5 Å². The van der Waals surface area contributed by atoms with Crippen LogP contribution in [0.25, 0.3) is 11.5 Å². The Labute approximate surface area is 117 Å². The highest BCUT2D eigenvalue weighted by atomic mass is 19.4. The highest BCUT2D eigenvalue weighted by Gasteiger charge is 2.34. The monoisotopic (exact) mass is 293 g/mol. The van der Waals surface area contributed by atoms with Gasteiger partial charge < -0.3 is 8.98 Å². The zero-order chi connectivity index (χ0) is 14.9. The molecule has 1 aromatic carbocycles. The number of halogens is 3. The molecule has 7 heteroatoms. The van der Waals surface area contributed by atoms with Crippen LogP contribution < -0.4 is 0 Å². The molecule has 2 heterocycles. The average molecular weight is 293 g/mol. The van der Waals surface area contributed by atoms with Crippen LogP contribution in [0.5, 0.6) is 0 Å². The van der Waals surface area contributed by atoms with Gasteiger partial charge in [-0.25, -0.2) is 9.97 Å². The summed E-state index contributed by atoms with van der Waals surface area (Å²) in [4.78, 5) is 8.00. The van der Waals surface area contributed by atoms with Crippen LogP contribution in [0.2, 0.25) is 0 Å². The van der Waals surface area contributed by atoms with Crippen molar-refractivity contribution in [3.8, 4) is 11.5 Å². The van der Waals surface area contributed by atoms with Gasteiger partial charge in [0.1, 0.15) is 6.26 Å². The molecule has 0 spiro atoms. The van der Waals surface area contributed by atoms with E-state index in [1.165, 1.54) is 24.5 Å². The van der Waals surface area contributed by atoms with Gasteiger partial charge in [0.2, 0.25) is 5.89 Å². The number of imidazole rings is 1.